The molecule has 0 heterocycles. The first-order valence-corrected chi connectivity index (χ1v) is 4.46. The fourth-order valence-electron chi connectivity index (χ4n) is 1.44. The summed E-state index contributed by atoms with van der Waals surface area (Å²) < 4.78 is 0. The van der Waals surface area contributed by atoms with Gasteiger partial charge in [-0.05, 0) is 18.4 Å². The van der Waals surface area contributed by atoms with E-state index in [1.807, 2.05) is 0 Å². The standard InChI is InChI=1S/C7H12ClN3/c8-6-4-2-1-3-5-7(6)10-11-9/h6-7H,1-5H2/t6-,7-/m0/s1. The molecule has 0 aromatic heterocycles. The van der Waals surface area contributed by atoms with Gasteiger partial charge < -0.3 is 0 Å². The fourth-order valence-corrected chi connectivity index (χ4v) is 1.77. The van der Waals surface area contributed by atoms with Crippen molar-refractivity contribution in [2.24, 2.45) is 5.11 Å². The van der Waals surface area contributed by atoms with Gasteiger partial charge in [0.05, 0.1) is 6.04 Å². The lowest BCUT2D eigenvalue weighted by Gasteiger charge is -2.11. The highest BCUT2D eigenvalue weighted by Gasteiger charge is 2.19. The molecule has 1 rings (SSSR count). The van der Waals surface area contributed by atoms with E-state index in [2.05, 4.69) is 10.0 Å². The van der Waals surface area contributed by atoms with E-state index in [0.717, 1.165) is 19.3 Å². The Hall–Kier alpha value is -0.400. The number of nitrogens with zero attached hydrogens (tertiary/aromatic N) is 3. The van der Waals surface area contributed by atoms with E-state index in [-0.39, 0.29) is 11.4 Å². The van der Waals surface area contributed by atoms with Gasteiger partial charge in [-0.25, -0.2) is 0 Å². The molecule has 1 aliphatic carbocycles. The SMILES string of the molecule is [N-]=[N+]=N[C@H]1CCCCC[C@@H]1Cl. The van der Waals surface area contributed by atoms with Crippen LogP contribution in [0.15, 0.2) is 5.11 Å². The number of hydrogen-bond donors (Lipinski definition) is 0. The Bertz CT molecular complexity index is 165. The van der Waals surface area contributed by atoms with E-state index < -0.39 is 0 Å². The van der Waals surface area contributed by atoms with Crippen molar-refractivity contribution in [1.82, 2.24) is 0 Å². The molecule has 0 aromatic carbocycles. The second kappa shape index (κ2) is 4.47. The summed E-state index contributed by atoms with van der Waals surface area (Å²) >= 11 is 6.00. The molecule has 0 N–H and O–H groups in total. The number of rotatable bonds is 1. The number of azide groups is 1. The number of alkyl halides is 1. The maximum absolute atomic E-state index is 8.23. The van der Waals surface area contributed by atoms with Crippen LogP contribution in [0.25, 0.3) is 10.4 Å². The molecular formula is C7H12ClN3. The molecule has 1 saturated carbocycles. The van der Waals surface area contributed by atoms with Crippen LogP contribution in [0, 0.1) is 0 Å². The minimum atomic E-state index is 0.0316. The van der Waals surface area contributed by atoms with E-state index in [0.29, 0.717) is 0 Å². The molecule has 0 unspecified atom stereocenters. The van der Waals surface area contributed by atoms with Crippen LogP contribution in [-0.4, -0.2) is 11.4 Å². The first-order valence-electron chi connectivity index (χ1n) is 4.03. The second-order valence-corrected chi connectivity index (χ2v) is 3.49. The van der Waals surface area contributed by atoms with Crippen LogP contribution in [0.4, 0.5) is 0 Å². The summed E-state index contributed by atoms with van der Waals surface area (Å²) in [5, 5.41) is 3.74. The predicted molar refractivity (Wildman–Crippen MR) is 45.7 cm³/mol. The van der Waals surface area contributed by atoms with Crippen molar-refractivity contribution in [2.45, 2.75) is 43.5 Å². The summed E-state index contributed by atoms with van der Waals surface area (Å²) in [5.41, 5.74) is 8.23. The van der Waals surface area contributed by atoms with Gasteiger partial charge in [-0.2, -0.15) is 0 Å². The van der Waals surface area contributed by atoms with E-state index in [9.17, 15) is 0 Å². The average molecular weight is 174 g/mol. The number of halogens is 1. The largest absolute Gasteiger partial charge is 0.123 e. The highest BCUT2D eigenvalue weighted by Crippen LogP contribution is 2.24. The van der Waals surface area contributed by atoms with Crippen molar-refractivity contribution in [3.05, 3.63) is 10.4 Å². The Balaban J connectivity index is 2.51. The zero-order valence-electron chi connectivity index (χ0n) is 6.41. The average Bonchev–Trinajstić information content (AvgIpc) is 2.18. The molecule has 0 spiro atoms. The monoisotopic (exact) mass is 173 g/mol. The van der Waals surface area contributed by atoms with Crippen molar-refractivity contribution >= 4 is 11.6 Å². The van der Waals surface area contributed by atoms with Crippen LogP contribution in [0.2, 0.25) is 0 Å². The van der Waals surface area contributed by atoms with E-state index in [1.54, 1.807) is 0 Å². The highest BCUT2D eigenvalue weighted by atomic mass is 35.5. The van der Waals surface area contributed by atoms with E-state index in [4.69, 9.17) is 17.1 Å². The van der Waals surface area contributed by atoms with Crippen molar-refractivity contribution in [3.63, 3.8) is 0 Å². The molecule has 4 heteroatoms. The Morgan fingerprint density at radius 2 is 2.00 bits per heavy atom. The lowest BCUT2D eigenvalue weighted by molar-refractivity contribution is 0.587. The predicted octanol–water partition coefficient (Wildman–Crippen LogP) is 3.24. The van der Waals surface area contributed by atoms with Crippen LogP contribution < -0.4 is 0 Å². The second-order valence-electron chi connectivity index (χ2n) is 2.93. The molecule has 0 saturated heterocycles. The Kier molecular flexibility index (Phi) is 3.53. The van der Waals surface area contributed by atoms with Gasteiger partial charge in [0.1, 0.15) is 0 Å². The Morgan fingerprint density at radius 3 is 2.73 bits per heavy atom. The minimum absolute atomic E-state index is 0.0316. The normalized spacial score (nSPS) is 32.1. The Labute approximate surface area is 71.4 Å². The van der Waals surface area contributed by atoms with Gasteiger partial charge in [-0.3, -0.25) is 0 Å². The molecule has 1 fully saturated rings. The fraction of sp³-hybridized carbons (Fsp3) is 1.00. The van der Waals surface area contributed by atoms with Crippen molar-refractivity contribution < 1.29 is 0 Å². The molecule has 0 bridgehead atoms. The third kappa shape index (κ3) is 2.60. The first-order chi connectivity index (χ1) is 5.34. The topological polar surface area (TPSA) is 48.8 Å². The smallest absolute Gasteiger partial charge is 0.0537 e. The van der Waals surface area contributed by atoms with Crippen molar-refractivity contribution in [3.8, 4) is 0 Å². The summed E-state index contributed by atoms with van der Waals surface area (Å²) in [6.07, 6.45) is 5.49. The van der Waals surface area contributed by atoms with E-state index >= 15 is 0 Å². The molecule has 62 valence electrons. The lowest BCUT2D eigenvalue weighted by atomic mass is 10.1. The summed E-state index contributed by atoms with van der Waals surface area (Å²) in [6, 6.07) is 0.0316. The van der Waals surface area contributed by atoms with Crippen LogP contribution in [0.5, 0.6) is 0 Å². The van der Waals surface area contributed by atoms with Gasteiger partial charge in [0.2, 0.25) is 0 Å². The van der Waals surface area contributed by atoms with Crippen LogP contribution >= 0.6 is 11.6 Å². The molecule has 0 radical (unpaired) electrons. The molecule has 0 aliphatic heterocycles. The summed E-state index contributed by atoms with van der Waals surface area (Å²) in [5.74, 6) is 0. The molecule has 1 aliphatic rings. The third-order valence-corrected chi connectivity index (χ3v) is 2.61. The van der Waals surface area contributed by atoms with Gasteiger partial charge in [0.25, 0.3) is 0 Å². The molecule has 3 nitrogen and oxygen atoms in total. The quantitative estimate of drug-likeness (QED) is 0.192. The van der Waals surface area contributed by atoms with Crippen LogP contribution in [-0.2, 0) is 0 Å². The summed E-state index contributed by atoms with van der Waals surface area (Å²) in [6.45, 7) is 0. The number of hydrogen-bond acceptors (Lipinski definition) is 1. The van der Waals surface area contributed by atoms with Gasteiger partial charge in [-0.15, -0.1) is 11.6 Å². The maximum atomic E-state index is 8.23. The summed E-state index contributed by atoms with van der Waals surface area (Å²) in [7, 11) is 0. The zero-order chi connectivity index (χ0) is 8.10. The lowest BCUT2D eigenvalue weighted by Crippen LogP contribution is -2.15. The minimum Gasteiger partial charge on any atom is -0.123 e. The Morgan fingerprint density at radius 1 is 1.27 bits per heavy atom. The highest BCUT2D eigenvalue weighted by molar-refractivity contribution is 6.21. The van der Waals surface area contributed by atoms with Crippen LogP contribution in [0.3, 0.4) is 0 Å². The van der Waals surface area contributed by atoms with Crippen molar-refractivity contribution in [2.75, 3.05) is 0 Å². The maximum Gasteiger partial charge on any atom is 0.0537 e. The summed E-state index contributed by atoms with van der Waals surface area (Å²) in [4.78, 5) is 2.79. The molecule has 2 atom stereocenters. The van der Waals surface area contributed by atoms with E-state index in [1.165, 1.54) is 12.8 Å². The van der Waals surface area contributed by atoms with Crippen molar-refractivity contribution in [1.29, 1.82) is 0 Å². The van der Waals surface area contributed by atoms with Crippen LogP contribution in [0.1, 0.15) is 32.1 Å². The first kappa shape index (κ1) is 8.69. The molecule has 0 aromatic rings. The molecule has 0 amide bonds. The van der Waals surface area contributed by atoms with Gasteiger partial charge >= 0.3 is 0 Å². The third-order valence-electron chi connectivity index (χ3n) is 2.10. The van der Waals surface area contributed by atoms with Gasteiger partial charge in [0.15, 0.2) is 0 Å². The van der Waals surface area contributed by atoms with Gasteiger partial charge in [0, 0.05) is 10.3 Å². The zero-order valence-corrected chi connectivity index (χ0v) is 7.17. The molecular weight excluding hydrogens is 162 g/mol. The van der Waals surface area contributed by atoms with Gasteiger partial charge in [-0.1, -0.05) is 24.4 Å². The molecule has 11 heavy (non-hydrogen) atoms.